The lowest BCUT2D eigenvalue weighted by Gasteiger charge is -2.20. The fraction of sp³-hybridized carbons (Fsp3) is 0.174. The van der Waals surface area contributed by atoms with E-state index in [4.69, 9.17) is 0 Å². The van der Waals surface area contributed by atoms with Gasteiger partial charge < -0.3 is 15.2 Å². The summed E-state index contributed by atoms with van der Waals surface area (Å²) in [6, 6.07) is 13.0. The van der Waals surface area contributed by atoms with E-state index in [9.17, 15) is 9.18 Å². The summed E-state index contributed by atoms with van der Waals surface area (Å²) in [7, 11) is 3.69. The molecule has 2 N–H and O–H groups in total. The van der Waals surface area contributed by atoms with Gasteiger partial charge in [-0.2, -0.15) is 5.10 Å². The Kier molecular flexibility index (Phi) is 5.79. The molecule has 0 aliphatic carbocycles. The first-order valence-electron chi connectivity index (χ1n) is 9.85. The van der Waals surface area contributed by atoms with Gasteiger partial charge in [-0.3, -0.25) is 4.68 Å². The van der Waals surface area contributed by atoms with Gasteiger partial charge in [0.15, 0.2) is 0 Å². The lowest BCUT2D eigenvalue weighted by molar-refractivity contribution is 0.237. The van der Waals surface area contributed by atoms with Gasteiger partial charge in [0.25, 0.3) is 0 Å². The third kappa shape index (κ3) is 4.63. The average Bonchev–Trinajstić information content (AvgIpc) is 3.39. The number of benzene rings is 2. The molecular weight excluding hydrogens is 395 g/mol. The lowest BCUT2D eigenvalue weighted by atomic mass is 10.0. The van der Waals surface area contributed by atoms with E-state index in [1.807, 2.05) is 44.6 Å². The van der Waals surface area contributed by atoms with Crippen LogP contribution in [0, 0.1) is 5.82 Å². The number of aromatic nitrogens is 4. The molecule has 31 heavy (non-hydrogen) atoms. The highest BCUT2D eigenvalue weighted by molar-refractivity contribution is 5.75. The zero-order chi connectivity index (χ0) is 21.8. The van der Waals surface area contributed by atoms with Crippen LogP contribution in [-0.2, 0) is 20.6 Å². The molecule has 2 heterocycles. The second-order valence-electron chi connectivity index (χ2n) is 7.27. The molecule has 0 bridgehead atoms. The van der Waals surface area contributed by atoms with Gasteiger partial charge in [0.05, 0.1) is 6.20 Å². The highest BCUT2D eigenvalue weighted by Gasteiger charge is 2.21. The number of urea groups is 1. The summed E-state index contributed by atoms with van der Waals surface area (Å²) >= 11 is 0. The van der Waals surface area contributed by atoms with E-state index in [1.54, 1.807) is 40.0 Å². The van der Waals surface area contributed by atoms with Gasteiger partial charge in [0.2, 0.25) is 0 Å². The Bertz CT molecular complexity index is 1200. The summed E-state index contributed by atoms with van der Waals surface area (Å²) in [6.45, 7) is 0.327. The van der Waals surface area contributed by atoms with Crippen LogP contribution in [0.4, 0.5) is 9.18 Å². The molecule has 0 fully saturated rings. The molecule has 8 heteroatoms. The number of carbonyl (C=O) groups excluding carboxylic acids is 1. The smallest absolute Gasteiger partial charge is 0.315 e. The number of carbonyl (C=O) groups is 1. The maximum Gasteiger partial charge on any atom is 0.315 e. The molecule has 2 aromatic carbocycles. The van der Waals surface area contributed by atoms with E-state index < -0.39 is 6.04 Å². The third-order valence-corrected chi connectivity index (χ3v) is 5.05. The Morgan fingerprint density at radius 2 is 2.00 bits per heavy atom. The van der Waals surface area contributed by atoms with Crippen LogP contribution in [0.2, 0.25) is 0 Å². The number of imidazole rings is 1. The number of halogens is 1. The molecule has 4 rings (SSSR count). The first-order valence-corrected chi connectivity index (χ1v) is 9.85. The minimum Gasteiger partial charge on any atom is -0.336 e. The van der Waals surface area contributed by atoms with Crippen LogP contribution in [0.15, 0.2) is 73.3 Å². The maximum absolute atomic E-state index is 13.8. The molecule has 4 aromatic rings. The Balaban J connectivity index is 1.51. The summed E-state index contributed by atoms with van der Waals surface area (Å²) in [6.07, 6.45) is 7.15. The van der Waals surface area contributed by atoms with Crippen LogP contribution in [-0.4, -0.2) is 25.4 Å². The number of nitrogens with one attached hydrogen (secondary N) is 2. The highest BCUT2D eigenvalue weighted by Crippen LogP contribution is 2.23. The molecule has 0 saturated heterocycles. The predicted molar refractivity (Wildman–Crippen MR) is 115 cm³/mol. The van der Waals surface area contributed by atoms with Gasteiger partial charge >= 0.3 is 6.03 Å². The van der Waals surface area contributed by atoms with Crippen molar-refractivity contribution in [3.8, 4) is 11.1 Å². The normalized spacial score (nSPS) is 11.8. The molecule has 7 nitrogen and oxygen atoms in total. The molecule has 1 unspecified atom stereocenters. The summed E-state index contributed by atoms with van der Waals surface area (Å²) in [4.78, 5) is 17.1. The Morgan fingerprint density at radius 1 is 1.16 bits per heavy atom. The second-order valence-corrected chi connectivity index (χ2v) is 7.27. The average molecular weight is 418 g/mol. The quantitative estimate of drug-likeness (QED) is 0.503. The van der Waals surface area contributed by atoms with Gasteiger partial charge in [-0.15, -0.1) is 0 Å². The molecular formula is C23H23FN6O. The Labute approximate surface area is 179 Å². The van der Waals surface area contributed by atoms with Gasteiger partial charge in [-0.05, 0) is 28.8 Å². The van der Waals surface area contributed by atoms with Crippen molar-refractivity contribution in [2.75, 3.05) is 0 Å². The summed E-state index contributed by atoms with van der Waals surface area (Å²) in [5, 5.41) is 10.0. The van der Waals surface area contributed by atoms with Gasteiger partial charge in [-0.1, -0.05) is 36.4 Å². The van der Waals surface area contributed by atoms with E-state index in [1.165, 1.54) is 12.1 Å². The molecule has 1 atom stereocenters. The van der Waals surface area contributed by atoms with Crippen molar-refractivity contribution in [1.82, 2.24) is 30.0 Å². The molecule has 2 amide bonds. The molecule has 2 aromatic heterocycles. The van der Waals surface area contributed by atoms with Crippen molar-refractivity contribution in [1.29, 1.82) is 0 Å². The van der Waals surface area contributed by atoms with Gasteiger partial charge in [-0.25, -0.2) is 14.2 Å². The number of hydrogen-bond donors (Lipinski definition) is 2. The summed E-state index contributed by atoms with van der Waals surface area (Å²) in [5.41, 5.74) is 3.55. The Hall–Kier alpha value is -3.94. The topological polar surface area (TPSA) is 76.8 Å². The minimum absolute atomic E-state index is 0.327. The van der Waals surface area contributed by atoms with E-state index in [2.05, 4.69) is 20.7 Å². The first kappa shape index (κ1) is 20.3. The van der Waals surface area contributed by atoms with Gasteiger partial charge in [0, 0.05) is 44.8 Å². The summed E-state index contributed by atoms with van der Waals surface area (Å²) in [5.74, 6) is 0.237. The zero-order valence-corrected chi connectivity index (χ0v) is 17.3. The molecule has 0 aliphatic rings. The number of nitrogens with zero attached hydrogens (tertiary/aromatic N) is 4. The van der Waals surface area contributed by atoms with E-state index in [0.717, 1.165) is 16.7 Å². The third-order valence-electron chi connectivity index (χ3n) is 5.05. The maximum atomic E-state index is 13.8. The minimum atomic E-state index is -0.593. The lowest BCUT2D eigenvalue weighted by Crippen LogP contribution is -2.39. The fourth-order valence-electron chi connectivity index (χ4n) is 3.51. The van der Waals surface area contributed by atoms with Crippen LogP contribution in [0.5, 0.6) is 0 Å². The van der Waals surface area contributed by atoms with Crippen LogP contribution >= 0.6 is 0 Å². The van der Waals surface area contributed by atoms with E-state index >= 15 is 0 Å². The largest absolute Gasteiger partial charge is 0.336 e. The molecule has 0 spiro atoms. The zero-order valence-electron chi connectivity index (χ0n) is 17.3. The molecule has 0 radical (unpaired) electrons. The SMILES string of the molecule is Cn1cc(-c2ccccc2CNC(=O)NC(c2cccc(F)c2)c2nccn2C)cn1. The highest BCUT2D eigenvalue weighted by atomic mass is 19.1. The van der Waals surface area contributed by atoms with Gasteiger partial charge in [0.1, 0.15) is 17.7 Å². The standard InChI is InChI=1S/C23H23FN6O/c1-29-11-10-25-22(29)21(16-7-5-8-19(24)12-16)28-23(31)26-13-17-6-3-4-9-20(17)18-14-27-30(2)15-18/h3-12,14-15,21H,13H2,1-2H3,(H2,26,28,31). The number of aryl methyl sites for hydroxylation is 2. The van der Waals surface area contributed by atoms with Crippen LogP contribution in [0.3, 0.4) is 0 Å². The van der Waals surface area contributed by atoms with Crippen molar-refractivity contribution >= 4 is 6.03 Å². The van der Waals surface area contributed by atoms with Crippen LogP contribution in [0.25, 0.3) is 11.1 Å². The van der Waals surface area contributed by atoms with Crippen molar-refractivity contribution in [2.45, 2.75) is 12.6 Å². The fourth-order valence-corrected chi connectivity index (χ4v) is 3.51. The molecule has 0 aliphatic heterocycles. The van der Waals surface area contributed by atoms with Crippen molar-refractivity contribution < 1.29 is 9.18 Å². The second kappa shape index (κ2) is 8.83. The molecule has 0 saturated carbocycles. The number of hydrogen-bond acceptors (Lipinski definition) is 3. The predicted octanol–water partition coefficient (Wildman–Crippen LogP) is 3.55. The van der Waals surface area contributed by atoms with E-state index in [0.29, 0.717) is 17.9 Å². The summed E-state index contributed by atoms with van der Waals surface area (Å²) < 4.78 is 17.4. The number of rotatable bonds is 6. The Morgan fingerprint density at radius 3 is 2.71 bits per heavy atom. The van der Waals surface area contributed by atoms with Crippen LogP contribution in [0.1, 0.15) is 23.0 Å². The van der Waals surface area contributed by atoms with Crippen LogP contribution < -0.4 is 10.6 Å². The van der Waals surface area contributed by atoms with Crippen molar-refractivity contribution in [3.05, 3.63) is 96.1 Å². The molecule has 158 valence electrons. The number of amides is 2. The van der Waals surface area contributed by atoms with Crippen molar-refractivity contribution in [3.63, 3.8) is 0 Å². The van der Waals surface area contributed by atoms with Crippen molar-refractivity contribution in [2.24, 2.45) is 14.1 Å². The monoisotopic (exact) mass is 418 g/mol. The van der Waals surface area contributed by atoms with E-state index in [-0.39, 0.29) is 11.8 Å². The first-order chi connectivity index (χ1) is 15.0.